The van der Waals surface area contributed by atoms with Crippen LogP contribution in [0.1, 0.15) is 45.7 Å². The summed E-state index contributed by atoms with van der Waals surface area (Å²) in [5, 5.41) is 0. The zero-order chi connectivity index (χ0) is 11.5. The van der Waals surface area contributed by atoms with Gasteiger partial charge in [0.1, 0.15) is 0 Å². The molecule has 0 amide bonds. The van der Waals surface area contributed by atoms with Crippen molar-refractivity contribution in [2.75, 3.05) is 0 Å². The van der Waals surface area contributed by atoms with E-state index in [1.807, 2.05) is 0 Å². The first-order valence-electron chi connectivity index (χ1n) is 5.61. The standard InChI is InChI=1S/C14H22O/c1-11(2)15-10-12-8-6-7-9-13(12)14(3,4)5/h6-9,11H,10H2,1-5H3. The SMILES string of the molecule is CC(C)OCc1ccccc1C(C)(C)C. The second-order valence-electron chi connectivity index (χ2n) is 5.27. The lowest BCUT2D eigenvalue weighted by Gasteiger charge is -2.23. The molecule has 1 aromatic carbocycles. The minimum atomic E-state index is 0.191. The highest BCUT2D eigenvalue weighted by atomic mass is 16.5. The van der Waals surface area contributed by atoms with Gasteiger partial charge < -0.3 is 4.74 Å². The molecule has 0 aromatic heterocycles. The Morgan fingerprint density at radius 1 is 1.13 bits per heavy atom. The maximum atomic E-state index is 5.66. The highest BCUT2D eigenvalue weighted by Crippen LogP contribution is 2.26. The molecular formula is C14H22O. The predicted molar refractivity (Wildman–Crippen MR) is 65.1 cm³/mol. The van der Waals surface area contributed by atoms with Crippen molar-refractivity contribution in [1.82, 2.24) is 0 Å². The highest BCUT2D eigenvalue weighted by molar-refractivity contribution is 5.32. The van der Waals surface area contributed by atoms with E-state index in [1.165, 1.54) is 11.1 Å². The lowest BCUT2D eigenvalue weighted by molar-refractivity contribution is 0.0648. The molecule has 0 N–H and O–H groups in total. The quantitative estimate of drug-likeness (QED) is 0.728. The smallest absolute Gasteiger partial charge is 0.0723 e. The molecule has 0 saturated heterocycles. The van der Waals surface area contributed by atoms with Crippen molar-refractivity contribution >= 4 is 0 Å². The summed E-state index contributed by atoms with van der Waals surface area (Å²) < 4.78 is 5.66. The van der Waals surface area contributed by atoms with Crippen LogP contribution in [0.2, 0.25) is 0 Å². The number of hydrogen-bond donors (Lipinski definition) is 0. The van der Waals surface area contributed by atoms with Crippen LogP contribution < -0.4 is 0 Å². The fourth-order valence-corrected chi connectivity index (χ4v) is 1.63. The number of rotatable bonds is 3. The van der Waals surface area contributed by atoms with Gasteiger partial charge in [0.25, 0.3) is 0 Å². The van der Waals surface area contributed by atoms with Gasteiger partial charge in [-0.2, -0.15) is 0 Å². The van der Waals surface area contributed by atoms with Crippen molar-refractivity contribution in [2.45, 2.75) is 52.7 Å². The maximum Gasteiger partial charge on any atom is 0.0723 e. The molecule has 15 heavy (non-hydrogen) atoms. The van der Waals surface area contributed by atoms with Crippen LogP contribution in [-0.2, 0) is 16.8 Å². The fraction of sp³-hybridized carbons (Fsp3) is 0.571. The van der Waals surface area contributed by atoms with Crippen molar-refractivity contribution in [2.24, 2.45) is 0 Å². The van der Waals surface area contributed by atoms with E-state index < -0.39 is 0 Å². The van der Waals surface area contributed by atoms with Gasteiger partial charge in [0.05, 0.1) is 12.7 Å². The Labute approximate surface area is 93.5 Å². The van der Waals surface area contributed by atoms with Gasteiger partial charge in [-0.05, 0) is 30.4 Å². The van der Waals surface area contributed by atoms with E-state index in [0.717, 1.165) is 0 Å². The minimum Gasteiger partial charge on any atom is -0.374 e. The van der Waals surface area contributed by atoms with E-state index in [9.17, 15) is 0 Å². The maximum absolute atomic E-state index is 5.66. The number of hydrogen-bond acceptors (Lipinski definition) is 1. The van der Waals surface area contributed by atoms with Crippen molar-refractivity contribution in [3.05, 3.63) is 35.4 Å². The molecule has 1 nitrogen and oxygen atoms in total. The highest BCUT2D eigenvalue weighted by Gasteiger charge is 2.17. The van der Waals surface area contributed by atoms with Crippen molar-refractivity contribution in [3.8, 4) is 0 Å². The van der Waals surface area contributed by atoms with Crippen LogP contribution in [0.25, 0.3) is 0 Å². The summed E-state index contributed by atoms with van der Waals surface area (Å²) >= 11 is 0. The van der Waals surface area contributed by atoms with Gasteiger partial charge in [-0.3, -0.25) is 0 Å². The molecule has 0 heterocycles. The summed E-state index contributed by atoms with van der Waals surface area (Å²) in [5.41, 5.74) is 2.88. The van der Waals surface area contributed by atoms with Crippen molar-refractivity contribution < 1.29 is 4.74 Å². The molecule has 0 fully saturated rings. The van der Waals surface area contributed by atoms with Crippen LogP contribution in [0.15, 0.2) is 24.3 Å². The average molecular weight is 206 g/mol. The van der Waals surface area contributed by atoms with Crippen molar-refractivity contribution in [3.63, 3.8) is 0 Å². The normalized spacial score (nSPS) is 12.1. The minimum absolute atomic E-state index is 0.191. The van der Waals surface area contributed by atoms with Gasteiger partial charge in [0.2, 0.25) is 0 Å². The van der Waals surface area contributed by atoms with Crippen LogP contribution in [0.3, 0.4) is 0 Å². The Morgan fingerprint density at radius 2 is 1.73 bits per heavy atom. The second-order valence-corrected chi connectivity index (χ2v) is 5.27. The van der Waals surface area contributed by atoms with Gasteiger partial charge >= 0.3 is 0 Å². The molecule has 0 unspecified atom stereocenters. The summed E-state index contributed by atoms with van der Waals surface area (Å²) in [6, 6.07) is 8.52. The molecule has 0 saturated carbocycles. The lowest BCUT2D eigenvalue weighted by Crippen LogP contribution is -2.15. The molecule has 0 radical (unpaired) electrons. The van der Waals surface area contributed by atoms with E-state index in [2.05, 4.69) is 58.9 Å². The van der Waals surface area contributed by atoms with Crippen LogP contribution in [-0.4, -0.2) is 6.10 Å². The number of ether oxygens (including phenoxy) is 1. The van der Waals surface area contributed by atoms with Crippen LogP contribution >= 0.6 is 0 Å². The third kappa shape index (κ3) is 3.67. The number of benzene rings is 1. The van der Waals surface area contributed by atoms with Crippen LogP contribution in [0, 0.1) is 0 Å². The monoisotopic (exact) mass is 206 g/mol. The van der Waals surface area contributed by atoms with E-state index in [1.54, 1.807) is 0 Å². The van der Waals surface area contributed by atoms with Crippen molar-refractivity contribution in [1.29, 1.82) is 0 Å². The largest absolute Gasteiger partial charge is 0.374 e. The first kappa shape index (κ1) is 12.3. The third-order valence-corrected chi connectivity index (χ3v) is 2.40. The Balaban J connectivity index is 2.87. The zero-order valence-electron chi connectivity index (χ0n) is 10.5. The Morgan fingerprint density at radius 3 is 2.27 bits per heavy atom. The molecule has 0 bridgehead atoms. The predicted octanol–water partition coefficient (Wildman–Crippen LogP) is 3.91. The molecule has 1 rings (SSSR count). The summed E-state index contributed by atoms with van der Waals surface area (Å²) in [5.74, 6) is 0. The molecule has 1 aromatic rings. The first-order chi connectivity index (χ1) is 6.91. The Kier molecular flexibility index (Phi) is 3.92. The lowest BCUT2D eigenvalue weighted by atomic mass is 9.84. The van der Waals surface area contributed by atoms with Gasteiger partial charge in [-0.25, -0.2) is 0 Å². The van der Waals surface area contributed by atoms with Gasteiger partial charge in [-0.15, -0.1) is 0 Å². The summed E-state index contributed by atoms with van der Waals surface area (Å²) in [4.78, 5) is 0. The van der Waals surface area contributed by atoms with E-state index in [0.29, 0.717) is 6.61 Å². The first-order valence-corrected chi connectivity index (χ1v) is 5.61. The van der Waals surface area contributed by atoms with Gasteiger partial charge in [0, 0.05) is 0 Å². The summed E-state index contributed by atoms with van der Waals surface area (Å²) in [6.45, 7) is 11.6. The summed E-state index contributed by atoms with van der Waals surface area (Å²) in [7, 11) is 0. The average Bonchev–Trinajstić information content (AvgIpc) is 2.13. The Bertz CT molecular complexity index is 307. The molecule has 1 heteroatoms. The molecule has 0 aliphatic carbocycles. The second kappa shape index (κ2) is 4.80. The molecule has 0 aliphatic rings. The third-order valence-electron chi connectivity index (χ3n) is 2.40. The molecule has 0 aliphatic heterocycles. The summed E-state index contributed by atoms with van der Waals surface area (Å²) in [6.07, 6.45) is 0.290. The van der Waals surface area contributed by atoms with Gasteiger partial charge in [0.15, 0.2) is 0 Å². The molecule has 0 spiro atoms. The fourth-order valence-electron chi connectivity index (χ4n) is 1.63. The molecule has 84 valence electrons. The topological polar surface area (TPSA) is 9.23 Å². The zero-order valence-corrected chi connectivity index (χ0v) is 10.5. The van der Waals surface area contributed by atoms with Crippen LogP contribution in [0.5, 0.6) is 0 Å². The van der Waals surface area contributed by atoms with E-state index in [-0.39, 0.29) is 11.5 Å². The van der Waals surface area contributed by atoms with Crippen LogP contribution in [0.4, 0.5) is 0 Å². The van der Waals surface area contributed by atoms with Gasteiger partial charge in [-0.1, -0.05) is 45.0 Å². The van der Waals surface area contributed by atoms with E-state index >= 15 is 0 Å². The molecular weight excluding hydrogens is 184 g/mol. The Hall–Kier alpha value is -0.820. The van der Waals surface area contributed by atoms with E-state index in [4.69, 9.17) is 4.74 Å². The molecule has 0 atom stereocenters.